The van der Waals surface area contributed by atoms with Crippen molar-refractivity contribution in [1.82, 2.24) is 4.98 Å². The predicted molar refractivity (Wildman–Crippen MR) is 121 cm³/mol. The molecule has 0 unspecified atom stereocenters. The number of hydrogen-bond donors (Lipinski definition) is 2. The van der Waals surface area contributed by atoms with E-state index >= 15 is 0 Å². The van der Waals surface area contributed by atoms with E-state index in [1.807, 2.05) is 24.3 Å². The van der Waals surface area contributed by atoms with Crippen LogP contribution in [0.5, 0.6) is 0 Å². The first kappa shape index (κ1) is 20.7. The molecule has 1 saturated heterocycles. The standard InChI is InChI=1S/C24H25N3O4/c28-22(25-18-9-11-19(12-10-18)27-13-5-1-2-6-14-27)16-31-24(30)21-15-17-7-3-4-8-20(17)23(29)26-21/h3-4,7-12,15H,1-2,5-6,13-14,16H2,(H,25,28)(H,26,29). The van der Waals surface area contributed by atoms with Crippen LogP contribution in [-0.4, -0.2) is 36.6 Å². The van der Waals surface area contributed by atoms with Gasteiger partial charge in [0, 0.05) is 29.9 Å². The molecule has 0 aliphatic carbocycles. The summed E-state index contributed by atoms with van der Waals surface area (Å²) in [5.41, 5.74) is 1.42. The number of rotatable bonds is 5. The van der Waals surface area contributed by atoms with E-state index in [9.17, 15) is 14.4 Å². The highest BCUT2D eigenvalue weighted by molar-refractivity contribution is 5.96. The lowest BCUT2D eigenvalue weighted by Crippen LogP contribution is -2.24. The Bertz CT molecular complexity index is 1130. The summed E-state index contributed by atoms with van der Waals surface area (Å²) in [7, 11) is 0. The molecule has 0 bridgehead atoms. The van der Waals surface area contributed by atoms with Crippen LogP contribution in [0.15, 0.2) is 59.4 Å². The first-order chi connectivity index (χ1) is 15.1. The number of pyridine rings is 1. The number of carbonyl (C=O) groups excluding carboxylic acids is 2. The minimum absolute atomic E-state index is 0.0123. The molecule has 0 radical (unpaired) electrons. The monoisotopic (exact) mass is 419 g/mol. The Kier molecular flexibility index (Phi) is 6.31. The van der Waals surface area contributed by atoms with Gasteiger partial charge >= 0.3 is 5.97 Å². The average Bonchev–Trinajstić information content (AvgIpc) is 3.07. The third kappa shape index (κ3) is 5.12. The van der Waals surface area contributed by atoms with E-state index < -0.39 is 18.5 Å². The summed E-state index contributed by atoms with van der Waals surface area (Å²) in [6.45, 7) is 1.67. The zero-order valence-corrected chi connectivity index (χ0v) is 17.2. The van der Waals surface area contributed by atoms with Crippen molar-refractivity contribution in [3.05, 3.63) is 70.6 Å². The van der Waals surface area contributed by atoms with Gasteiger partial charge in [0.15, 0.2) is 6.61 Å². The number of aromatic nitrogens is 1. The number of aromatic amines is 1. The van der Waals surface area contributed by atoms with Crippen molar-refractivity contribution >= 4 is 34.0 Å². The molecule has 2 aromatic carbocycles. The smallest absolute Gasteiger partial charge is 0.355 e. The third-order valence-corrected chi connectivity index (χ3v) is 5.43. The molecular formula is C24H25N3O4. The fraction of sp³-hybridized carbons (Fsp3) is 0.292. The normalized spacial score (nSPS) is 14.1. The Labute approximate surface area is 180 Å². The van der Waals surface area contributed by atoms with Crippen molar-refractivity contribution in [1.29, 1.82) is 0 Å². The molecule has 2 heterocycles. The zero-order valence-electron chi connectivity index (χ0n) is 17.2. The van der Waals surface area contributed by atoms with Gasteiger partial charge in [-0.15, -0.1) is 0 Å². The van der Waals surface area contributed by atoms with Crippen LogP contribution in [0, 0.1) is 0 Å². The number of esters is 1. The van der Waals surface area contributed by atoms with Gasteiger partial charge in [0.2, 0.25) is 0 Å². The van der Waals surface area contributed by atoms with Gasteiger partial charge in [-0.25, -0.2) is 4.79 Å². The van der Waals surface area contributed by atoms with Crippen LogP contribution in [-0.2, 0) is 9.53 Å². The summed E-state index contributed by atoms with van der Waals surface area (Å²) in [5.74, 6) is -1.20. The molecule has 7 heteroatoms. The van der Waals surface area contributed by atoms with E-state index in [1.165, 1.54) is 25.7 Å². The highest BCUT2D eigenvalue weighted by Gasteiger charge is 2.14. The summed E-state index contributed by atoms with van der Waals surface area (Å²) in [6.07, 6.45) is 4.95. The van der Waals surface area contributed by atoms with Crippen molar-refractivity contribution < 1.29 is 14.3 Å². The largest absolute Gasteiger partial charge is 0.451 e. The fourth-order valence-corrected chi connectivity index (χ4v) is 3.81. The van der Waals surface area contributed by atoms with Crippen LogP contribution in [0.2, 0.25) is 0 Å². The lowest BCUT2D eigenvalue weighted by molar-refractivity contribution is -0.119. The first-order valence-corrected chi connectivity index (χ1v) is 10.5. The molecule has 7 nitrogen and oxygen atoms in total. The molecule has 1 aromatic heterocycles. The van der Waals surface area contributed by atoms with Crippen LogP contribution >= 0.6 is 0 Å². The molecule has 1 aliphatic heterocycles. The molecule has 3 aromatic rings. The average molecular weight is 419 g/mol. The minimum Gasteiger partial charge on any atom is -0.451 e. The van der Waals surface area contributed by atoms with Crippen molar-refractivity contribution in [3.8, 4) is 0 Å². The van der Waals surface area contributed by atoms with Crippen LogP contribution in [0.3, 0.4) is 0 Å². The molecule has 4 rings (SSSR count). The molecule has 1 amide bonds. The molecule has 0 spiro atoms. The van der Waals surface area contributed by atoms with Crippen LogP contribution in [0.25, 0.3) is 10.8 Å². The van der Waals surface area contributed by atoms with Crippen molar-refractivity contribution in [3.63, 3.8) is 0 Å². The highest BCUT2D eigenvalue weighted by Crippen LogP contribution is 2.21. The van der Waals surface area contributed by atoms with Gasteiger partial charge in [0.1, 0.15) is 5.69 Å². The van der Waals surface area contributed by atoms with Gasteiger partial charge in [0.05, 0.1) is 0 Å². The number of carbonyl (C=O) groups is 2. The number of H-pyrrole nitrogens is 1. The second kappa shape index (κ2) is 9.47. The minimum atomic E-state index is -0.755. The second-order valence-corrected chi connectivity index (χ2v) is 7.67. The Morgan fingerprint density at radius 1 is 0.968 bits per heavy atom. The quantitative estimate of drug-likeness (QED) is 0.615. The summed E-state index contributed by atoms with van der Waals surface area (Å²) >= 11 is 0. The Morgan fingerprint density at radius 3 is 2.42 bits per heavy atom. The molecular weight excluding hydrogens is 394 g/mol. The first-order valence-electron chi connectivity index (χ1n) is 10.5. The molecule has 31 heavy (non-hydrogen) atoms. The Morgan fingerprint density at radius 2 is 1.68 bits per heavy atom. The fourth-order valence-electron chi connectivity index (χ4n) is 3.81. The maximum Gasteiger partial charge on any atom is 0.355 e. The van der Waals surface area contributed by atoms with Crippen molar-refractivity contribution in [2.24, 2.45) is 0 Å². The van der Waals surface area contributed by atoms with E-state index in [4.69, 9.17) is 4.74 Å². The van der Waals surface area contributed by atoms with Gasteiger partial charge in [-0.1, -0.05) is 31.0 Å². The van der Waals surface area contributed by atoms with E-state index in [0.717, 1.165) is 18.8 Å². The molecule has 160 valence electrons. The van der Waals surface area contributed by atoms with Gasteiger partial charge in [-0.05, 0) is 54.6 Å². The van der Waals surface area contributed by atoms with Gasteiger partial charge < -0.3 is 19.9 Å². The summed E-state index contributed by atoms with van der Waals surface area (Å²) < 4.78 is 5.07. The van der Waals surface area contributed by atoms with E-state index in [2.05, 4.69) is 15.2 Å². The third-order valence-electron chi connectivity index (χ3n) is 5.43. The SMILES string of the molecule is O=C(COC(=O)c1cc2ccccc2c(=O)[nH]1)Nc1ccc(N2CCCCCC2)cc1. The van der Waals surface area contributed by atoms with Crippen LogP contribution in [0.4, 0.5) is 11.4 Å². The maximum atomic E-state index is 12.3. The number of fused-ring (bicyclic) bond motifs is 1. The number of nitrogens with zero attached hydrogens (tertiary/aromatic N) is 1. The van der Waals surface area contributed by atoms with Crippen molar-refractivity contribution in [2.75, 3.05) is 29.9 Å². The summed E-state index contributed by atoms with van der Waals surface area (Å²) in [4.78, 5) is 41.4. The summed E-state index contributed by atoms with van der Waals surface area (Å²) in [6, 6.07) is 16.2. The number of ether oxygens (including phenoxy) is 1. The van der Waals surface area contributed by atoms with E-state index in [1.54, 1.807) is 30.3 Å². The van der Waals surface area contributed by atoms with E-state index in [-0.39, 0.29) is 11.3 Å². The molecule has 0 atom stereocenters. The van der Waals surface area contributed by atoms with E-state index in [0.29, 0.717) is 16.5 Å². The molecule has 0 saturated carbocycles. The van der Waals surface area contributed by atoms with Crippen molar-refractivity contribution in [2.45, 2.75) is 25.7 Å². The Balaban J connectivity index is 1.33. The van der Waals surface area contributed by atoms with Gasteiger partial charge in [-0.3, -0.25) is 9.59 Å². The molecule has 2 N–H and O–H groups in total. The number of benzene rings is 2. The second-order valence-electron chi connectivity index (χ2n) is 7.67. The molecule has 1 fully saturated rings. The van der Waals surface area contributed by atoms with Gasteiger partial charge in [0.25, 0.3) is 11.5 Å². The molecule has 1 aliphatic rings. The number of nitrogens with one attached hydrogen (secondary N) is 2. The predicted octanol–water partition coefficient (Wildman–Crippen LogP) is 3.70. The lowest BCUT2D eigenvalue weighted by atomic mass is 10.1. The number of anilines is 2. The lowest BCUT2D eigenvalue weighted by Gasteiger charge is -2.22. The number of hydrogen-bond acceptors (Lipinski definition) is 5. The van der Waals surface area contributed by atoms with Crippen LogP contribution < -0.4 is 15.8 Å². The number of amides is 1. The summed E-state index contributed by atoms with van der Waals surface area (Å²) in [5, 5.41) is 3.84. The van der Waals surface area contributed by atoms with Gasteiger partial charge in [-0.2, -0.15) is 0 Å². The van der Waals surface area contributed by atoms with Crippen LogP contribution in [0.1, 0.15) is 36.2 Å². The zero-order chi connectivity index (χ0) is 21.6. The maximum absolute atomic E-state index is 12.3. The topological polar surface area (TPSA) is 91.5 Å². The highest BCUT2D eigenvalue weighted by atomic mass is 16.5. The Hall–Kier alpha value is -3.61.